The number of aromatic nitrogens is 1. The number of rotatable bonds is 7. The Morgan fingerprint density at radius 3 is 3.24 bits per heavy atom. The minimum atomic E-state index is 0.518. The van der Waals surface area contributed by atoms with Crippen LogP contribution in [0, 0.1) is 5.92 Å². The van der Waals surface area contributed by atoms with Gasteiger partial charge < -0.3 is 15.4 Å². The molecule has 0 saturated carbocycles. The molecule has 0 aromatic carbocycles. The van der Waals surface area contributed by atoms with Crippen LogP contribution in [0.15, 0.2) is 11.7 Å². The van der Waals surface area contributed by atoms with Gasteiger partial charge in [-0.3, -0.25) is 4.98 Å². The maximum Gasteiger partial charge on any atom is 0.0794 e. The molecule has 1 saturated heterocycles. The third-order valence-electron chi connectivity index (χ3n) is 3.04. The summed E-state index contributed by atoms with van der Waals surface area (Å²) in [6.45, 7) is 6.93. The molecule has 2 rings (SSSR count). The first-order valence-corrected chi connectivity index (χ1v) is 7.17. The smallest absolute Gasteiger partial charge is 0.0794 e. The zero-order valence-corrected chi connectivity index (χ0v) is 11.1. The Morgan fingerprint density at radius 2 is 2.47 bits per heavy atom. The van der Waals surface area contributed by atoms with Crippen molar-refractivity contribution in [2.24, 2.45) is 5.92 Å². The third kappa shape index (κ3) is 4.03. The summed E-state index contributed by atoms with van der Waals surface area (Å²) in [7, 11) is 0. The molecular weight excluding hydrogens is 234 g/mol. The molecule has 1 fully saturated rings. The summed E-state index contributed by atoms with van der Waals surface area (Å²) < 4.78 is 5.54. The van der Waals surface area contributed by atoms with Crippen LogP contribution >= 0.6 is 11.3 Å². The Bertz CT molecular complexity index is 305. The highest BCUT2D eigenvalue weighted by Crippen LogP contribution is 2.13. The quantitative estimate of drug-likeness (QED) is 0.770. The lowest BCUT2D eigenvalue weighted by molar-refractivity contribution is 0.182. The molecular formula is C12H21N3OS. The topological polar surface area (TPSA) is 46.2 Å². The lowest BCUT2D eigenvalue weighted by Gasteiger charge is -2.19. The van der Waals surface area contributed by atoms with Gasteiger partial charge in [-0.1, -0.05) is 6.92 Å². The van der Waals surface area contributed by atoms with Gasteiger partial charge in [-0.2, -0.15) is 0 Å². The molecule has 1 aliphatic heterocycles. The van der Waals surface area contributed by atoms with Crippen molar-refractivity contribution in [1.29, 1.82) is 0 Å². The van der Waals surface area contributed by atoms with E-state index in [1.807, 2.05) is 11.7 Å². The largest absolute Gasteiger partial charge is 0.379 e. The van der Waals surface area contributed by atoms with Crippen LogP contribution in [0.3, 0.4) is 0 Å². The first kappa shape index (κ1) is 13.0. The molecule has 5 heteroatoms. The van der Waals surface area contributed by atoms with Gasteiger partial charge in [0.15, 0.2) is 0 Å². The van der Waals surface area contributed by atoms with Gasteiger partial charge in [0.1, 0.15) is 0 Å². The highest BCUT2D eigenvalue weighted by molar-refractivity contribution is 7.09. The van der Waals surface area contributed by atoms with Crippen LogP contribution in [-0.2, 0) is 11.3 Å². The summed E-state index contributed by atoms with van der Waals surface area (Å²) in [6, 6.07) is 0.518. The molecule has 1 aromatic rings. The standard InChI is InChI=1S/C12H21N3OS/c1-2-3-15-12-8-16-7-10(12)4-13-5-11-6-14-9-17-11/h6,9-10,12-13,15H,2-5,7-8H2,1H3. The van der Waals surface area contributed by atoms with Crippen LogP contribution in [0.5, 0.6) is 0 Å². The van der Waals surface area contributed by atoms with Gasteiger partial charge in [0.2, 0.25) is 0 Å². The van der Waals surface area contributed by atoms with Crippen molar-refractivity contribution in [2.75, 3.05) is 26.3 Å². The first-order valence-electron chi connectivity index (χ1n) is 6.29. The van der Waals surface area contributed by atoms with Gasteiger partial charge in [0.05, 0.1) is 18.7 Å². The van der Waals surface area contributed by atoms with Crippen molar-refractivity contribution in [3.8, 4) is 0 Å². The Labute approximate surface area is 107 Å². The second kappa shape index (κ2) is 7.06. The second-order valence-electron chi connectivity index (χ2n) is 4.46. The summed E-state index contributed by atoms with van der Waals surface area (Å²) in [5.41, 5.74) is 1.88. The summed E-state index contributed by atoms with van der Waals surface area (Å²) in [6.07, 6.45) is 3.10. The van der Waals surface area contributed by atoms with Crippen molar-refractivity contribution < 1.29 is 4.74 Å². The lowest BCUT2D eigenvalue weighted by atomic mass is 10.0. The monoisotopic (exact) mass is 255 g/mol. The number of hydrogen-bond acceptors (Lipinski definition) is 5. The molecule has 96 valence electrons. The maximum atomic E-state index is 5.54. The molecule has 0 bridgehead atoms. The minimum absolute atomic E-state index is 0.518. The Kier molecular flexibility index (Phi) is 5.38. The number of nitrogens with zero attached hydrogens (tertiary/aromatic N) is 1. The molecule has 0 radical (unpaired) electrons. The van der Waals surface area contributed by atoms with E-state index in [2.05, 4.69) is 22.5 Å². The van der Waals surface area contributed by atoms with Gasteiger partial charge >= 0.3 is 0 Å². The molecule has 17 heavy (non-hydrogen) atoms. The first-order chi connectivity index (χ1) is 8.40. The average Bonchev–Trinajstić information content (AvgIpc) is 2.98. The number of nitrogens with one attached hydrogen (secondary N) is 2. The van der Waals surface area contributed by atoms with Crippen LogP contribution in [-0.4, -0.2) is 37.3 Å². The Morgan fingerprint density at radius 1 is 1.53 bits per heavy atom. The van der Waals surface area contributed by atoms with Crippen molar-refractivity contribution in [2.45, 2.75) is 25.9 Å². The zero-order chi connectivity index (χ0) is 11.9. The van der Waals surface area contributed by atoms with Gasteiger partial charge in [0.25, 0.3) is 0 Å². The van der Waals surface area contributed by atoms with Crippen LogP contribution in [0.2, 0.25) is 0 Å². The van der Waals surface area contributed by atoms with Crippen LogP contribution in [0.25, 0.3) is 0 Å². The number of thiazole rings is 1. The van der Waals surface area contributed by atoms with Crippen molar-refractivity contribution in [1.82, 2.24) is 15.6 Å². The fourth-order valence-corrected chi connectivity index (χ4v) is 2.63. The molecule has 2 unspecified atom stereocenters. The van der Waals surface area contributed by atoms with Crippen LogP contribution < -0.4 is 10.6 Å². The SMILES string of the molecule is CCCNC1COCC1CNCc1cncs1. The van der Waals surface area contributed by atoms with Crippen molar-refractivity contribution in [3.05, 3.63) is 16.6 Å². The predicted molar refractivity (Wildman–Crippen MR) is 70.2 cm³/mol. The van der Waals surface area contributed by atoms with Crippen LogP contribution in [0.4, 0.5) is 0 Å². The fourth-order valence-electron chi connectivity index (χ4n) is 2.07. The van der Waals surface area contributed by atoms with Gasteiger partial charge in [-0.25, -0.2) is 0 Å². The molecule has 0 amide bonds. The van der Waals surface area contributed by atoms with E-state index in [0.717, 1.165) is 32.8 Å². The molecule has 2 N–H and O–H groups in total. The van der Waals surface area contributed by atoms with Crippen molar-refractivity contribution >= 4 is 11.3 Å². The van der Waals surface area contributed by atoms with Gasteiger partial charge in [-0.15, -0.1) is 11.3 Å². The van der Waals surface area contributed by atoms with Crippen LogP contribution in [0.1, 0.15) is 18.2 Å². The van der Waals surface area contributed by atoms with E-state index in [9.17, 15) is 0 Å². The molecule has 2 heterocycles. The maximum absolute atomic E-state index is 5.54. The normalized spacial score (nSPS) is 24.3. The van der Waals surface area contributed by atoms with E-state index in [1.165, 1.54) is 11.3 Å². The van der Waals surface area contributed by atoms with E-state index in [-0.39, 0.29) is 0 Å². The fraction of sp³-hybridized carbons (Fsp3) is 0.750. The lowest BCUT2D eigenvalue weighted by Crippen LogP contribution is -2.40. The summed E-state index contributed by atoms with van der Waals surface area (Å²) in [5, 5.41) is 7.04. The number of ether oxygens (including phenoxy) is 1. The minimum Gasteiger partial charge on any atom is -0.379 e. The number of hydrogen-bond donors (Lipinski definition) is 2. The van der Waals surface area contributed by atoms with Gasteiger partial charge in [-0.05, 0) is 13.0 Å². The average molecular weight is 255 g/mol. The van der Waals surface area contributed by atoms with E-state index < -0.39 is 0 Å². The summed E-state index contributed by atoms with van der Waals surface area (Å²) in [5.74, 6) is 0.592. The highest BCUT2D eigenvalue weighted by Gasteiger charge is 2.26. The van der Waals surface area contributed by atoms with E-state index >= 15 is 0 Å². The van der Waals surface area contributed by atoms with E-state index in [1.54, 1.807) is 11.3 Å². The Hall–Kier alpha value is -0.490. The van der Waals surface area contributed by atoms with Crippen molar-refractivity contribution in [3.63, 3.8) is 0 Å². The zero-order valence-electron chi connectivity index (χ0n) is 10.3. The molecule has 0 aliphatic carbocycles. The molecule has 0 spiro atoms. The summed E-state index contributed by atoms with van der Waals surface area (Å²) >= 11 is 1.70. The van der Waals surface area contributed by atoms with E-state index in [4.69, 9.17) is 4.74 Å². The second-order valence-corrected chi connectivity index (χ2v) is 5.43. The summed E-state index contributed by atoms with van der Waals surface area (Å²) in [4.78, 5) is 5.36. The highest BCUT2D eigenvalue weighted by atomic mass is 32.1. The molecule has 2 atom stereocenters. The molecule has 1 aliphatic rings. The van der Waals surface area contributed by atoms with E-state index in [0.29, 0.717) is 12.0 Å². The molecule has 4 nitrogen and oxygen atoms in total. The van der Waals surface area contributed by atoms with Gasteiger partial charge in [0, 0.05) is 36.1 Å². The molecule has 1 aromatic heterocycles. The third-order valence-corrected chi connectivity index (χ3v) is 3.82. The Balaban J connectivity index is 1.67. The predicted octanol–water partition coefficient (Wildman–Crippen LogP) is 1.25.